The van der Waals surface area contributed by atoms with E-state index in [2.05, 4.69) is 44.9 Å². The lowest BCUT2D eigenvalue weighted by Crippen LogP contribution is -2.55. The summed E-state index contributed by atoms with van der Waals surface area (Å²) in [5.41, 5.74) is 3.12. The van der Waals surface area contributed by atoms with Gasteiger partial charge in [-0.25, -0.2) is 9.59 Å². The van der Waals surface area contributed by atoms with Crippen LogP contribution in [0, 0.1) is 35.5 Å². The number of nitrogens with one attached hydrogen (secondary N) is 4. The van der Waals surface area contributed by atoms with Gasteiger partial charge in [0, 0.05) is 73.5 Å². The van der Waals surface area contributed by atoms with Crippen LogP contribution in [0.3, 0.4) is 0 Å². The molecule has 6 amide bonds. The third-order valence-electron chi connectivity index (χ3n) is 16.7. The fourth-order valence-corrected chi connectivity index (χ4v) is 11.6. The molecule has 0 saturated carbocycles. The summed E-state index contributed by atoms with van der Waals surface area (Å²) in [7, 11) is 0. The van der Waals surface area contributed by atoms with E-state index >= 15 is 0 Å². The molecule has 7 atom stereocenters. The number of benzene rings is 3. The van der Waals surface area contributed by atoms with Gasteiger partial charge in [-0.15, -0.1) is 0 Å². The summed E-state index contributed by atoms with van der Waals surface area (Å²) in [5.74, 6) is 6.69. The number of Topliss-reactive ketones (excluding diaryl/α,β-unsaturated/α-hetero) is 2. The summed E-state index contributed by atoms with van der Waals surface area (Å²) in [6.07, 6.45) is 2.03. The van der Waals surface area contributed by atoms with Gasteiger partial charge < -0.3 is 79.8 Å². The predicted octanol–water partition coefficient (Wildman–Crippen LogP) is 3.19. The maximum atomic E-state index is 14.2. The van der Waals surface area contributed by atoms with E-state index in [-0.39, 0.29) is 154 Å². The molecule has 97 heavy (non-hydrogen) atoms. The number of ether oxygens (including phenoxy) is 9. The van der Waals surface area contributed by atoms with Gasteiger partial charge >= 0.3 is 18.1 Å². The number of aromatic hydroxyl groups is 1. The molecule has 518 valence electrons. The number of imide groups is 1. The number of hydrogen-bond donors (Lipinski definition) is 7. The first kappa shape index (κ1) is 73.6. The number of anilines is 1. The largest absolute Gasteiger partial charge is 0.507 e. The Morgan fingerprint density at radius 3 is 1.88 bits per heavy atom. The second-order valence-electron chi connectivity index (χ2n) is 23.7. The Balaban J connectivity index is 0.718. The van der Waals surface area contributed by atoms with Gasteiger partial charge in [-0.3, -0.25) is 43.3 Å². The number of fused-ring (bicyclic) bond motifs is 4. The molecular formula is C70H82N6O21. The van der Waals surface area contributed by atoms with E-state index in [0.29, 0.717) is 70.4 Å². The molecule has 1 saturated heterocycles. The number of aliphatic hydroxyl groups excluding tert-OH is 1. The number of rotatable bonds is 41. The van der Waals surface area contributed by atoms with Crippen LogP contribution in [0.25, 0.3) is 0 Å². The Kier molecular flexibility index (Phi) is 27.1. The Hall–Kier alpha value is -9.16. The van der Waals surface area contributed by atoms with E-state index in [1.807, 2.05) is 13.8 Å². The SMILES string of the molecule is CC(C)[C@H](CC(=O)CCOCCOCCOCCOCCOCCOCCN1C(=O)C=CC1=O)C(=O)N[C@@H](CCCNC(N)=O)C(=O)Cc1ccc(COC(=O)CCCNC(=O)O[C@@H]2C#C/C=C\C#C[C@@H]3Nc4c(cc(O)c5c4C(=O)c4ccccc4C5=O)[C@]24O[C@@]34[C@@H](C)O)cc1. The number of phenols is 1. The van der Waals surface area contributed by atoms with Crippen LogP contribution >= 0.6 is 0 Å². The zero-order chi connectivity index (χ0) is 69.5. The van der Waals surface area contributed by atoms with Gasteiger partial charge in [0.1, 0.15) is 24.2 Å². The van der Waals surface area contributed by atoms with Gasteiger partial charge in [-0.1, -0.05) is 86.1 Å². The fraction of sp³-hybridized carbons (Fsp3) is 0.486. The van der Waals surface area contributed by atoms with Crippen LogP contribution in [0.15, 0.2) is 78.9 Å². The Labute approximate surface area is 561 Å². The van der Waals surface area contributed by atoms with Gasteiger partial charge in [0.2, 0.25) is 12.0 Å². The minimum atomic E-state index is -1.81. The molecule has 3 aliphatic heterocycles. The number of epoxide rings is 1. The molecule has 27 nitrogen and oxygen atoms in total. The number of hydrogen-bond acceptors (Lipinski definition) is 22. The van der Waals surface area contributed by atoms with Crippen LogP contribution in [0.1, 0.15) is 108 Å². The summed E-state index contributed by atoms with van der Waals surface area (Å²) in [6, 6.07) is 11.5. The van der Waals surface area contributed by atoms with Crippen LogP contribution in [0.5, 0.6) is 5.75 Å². The Morgan fingerprint density at radius 1 is 0.711 bits per heavy atom. The van der Waals surface area contributed by atoms with Crippen molar-refractivity contribution in [1.82, 2.24) is 20.9 Å². The summed E-state index contributed by atoms with van der Waals surface area (Å²) >= 11 is 0. The molecular weight excluding hydrogens is 1260 g/mol. The predicted molar refractivity (Wildman–Crippen MR) is 345 cm³/mol. The number of esters is 1. The van der Waals surface area contributed by atoms with Crippen LogP contribution in [0.2, 0.25) is 0 Å². The molecule has 8 N–H and O–H groups in total. The molecule has 3 aromatic carbocycles. The molecule has 27 heteroatoms. The lowest BCUT2D eigenvalue weighted by atomic mass is 9.69. The first-order valence-electron chi connectivity index (χ1n) is 32.2. The minimum Gasteiger partial charge on any atom is -0.507 e. The number of aliphatic hydroxyl groups is 1. The molecule has 2 aliphatic carbocycles. The summed E-state index contributed by atoms with van der Waals surface area (Å²) < 4.78 is 50.9. The lowest BCUT2D eigenvalue weighted by molar-refractivity contribution is -0.145. The topological polar surface area (TPSA) is 375 Å². The minimum absolute atomic E-state index is 0.0498. The standard InChI is InChI=1S/C70H82N6O21/c1-44(2)51(41-48(78)24-28-89-30-32-91-34-36-93-38-39-94-37-35-92-33-31-90-29-27-76-58(81)22-23-59(76)82)66(86)74-53(14-10-25-72-67(71)87)54(79)40-46-18-20-47(21-19-46)43-95-60(83)17-11-26-73-68(88)96-57-16-7-5-4-6-15-56-69(45(3)77)70(57,97-69)52-42-55(80)61-62(63(52)75-56)65(85)50-13-9-8-12-49(50)64(61)84/h4-5,8-9,12-13,18-23,42,44-45,51,53,56-57,75,77,80H,10-11,14,17,24-41,43H2,1-3H3,(H,73,88)(H,74,86)(H3,71,72,87)/b5-4-/t45-,51+,53+,56+,57-,69+,70+/m1/s1. The zero-order valence-corrected chi connectivity index (χ0v) is 54.4. The van der Waals surface area contributed by atoms with Crippen molar-refractivity contribution >= 4 is 64.6 Å². The van der Waals surface area contributed by atoms with Crippen LogP contribution in [0.4, 0.5) is 15.3 Å². The van der Waals surface area contributed by atoms with Crippen molar-refractivity contribution in [3.63, 3.8) is 0 Å². The third-order valence-corrected chi connectivity index (χ3v) is 16.7. The van der Waals surface area contributed by atoms with Crippen molar-refractivity contribution in [3.8, 4) is 29.4 Å². The molecule has 2 bridgehead atoms. The Morgan fingerprint density at radius 2 is 1.28 bits per heavy atom. The normalized spacial score (nSPS) is 19.6. The second kappa shape index (κ2) is 35.7. The number of carbonyl (C=O) groups excluding carboxylic acids is 10. The molecule has 0 spiro atoms. The van der Waals surface area contributed by atoms with E-state index in [1.54, 1.807) is 36.4 Å². The first-order valence-corrected chi connectivity index (χ1v) is 32.2. The van der Waals surface area contributed by atoms with Crippen LogP contribution in [-0.2, 0) is 90.0 Å². The van der Waals surface area contributed by atoms with Gasteiger partial charge in [0.15, 0.2) is 28.6 Å². The van der Waals surface area contributed by atoms with E-state index in [0.717, 1.165) is 4.90 Å². The second-order valence-corrected chi connectivity index (χ2v) is 23.7. The molecule has 5 aliphatic rings. The van der Waals surface area contributed by atoms with Crippen molar-refractivity contribution in [2.24, 2.45) is 17.6 Å². The van der Waals surface area contributed by atoms with Crippen molar-refractivity contribution in [2.75, 3.05) is 104 Å². The first-order chi connectivity index (χ1) is 46.8. The smallest absolute Gasteiger partial charge is 0.408 e. The Bertz CT molecular complexity index is 3570. The van der Waals surface area contributed by atoms with E-state index in [1.165, 1.54) is 49.4 Å². The van der Waals surface area contributed by atoms with E-state index < -0.39 is 82.7 Å². The van der Waals surface area contributed by atoms with Gasteiger partial charge in [0.05, 0.1) is 115 Å². The highest BCUT2D eigenvalue weighted by molar-refractivity contribution is 6.31. The maximum absolute atomic E-state index is 14.2. The lowest BCUT2D eigenvalue weighted by Gasteiger charge is -2.38. The molecule has 8 rings (SSSR count). The average Bonchev–Trinajstić information content (AvgIpc) is 1.48. The van der Waals surface area contributed by atoms with Crippen molar-refractivity contribution < 1.29 is 101 Å². The molecule has 0 aromatic heterocycles. The number of nitrogens with zero attached hydrogens (tertiary/aromatic N) is 1. The molecule has 0 unspecified atom stereocenters. The summed E-state index contributed by atoms with van der Waals surface area (Å²) in [6.45, 7) is 8.94. The number of ketones is 4. The number of allylic oxidation sites excluding steroid dienone is 2. The third kappa shape index (κ3) is 19.1. The summed E-state index contributed by atoms with van der Waals surface area (Å²) in [4.78, 5) is 131. The van der Waals surface area contributed by atoms with Gasteiger partial charge in [-0.05, 0) is 61.4 Å². The monoisotopic (exact) mass is 1340 g/mol. The quantitative estimate of drug-likeness (QED) is 0.00837. The number of nitrogens with two attached hydrogens (primary N) is 1. The van der Waals surface area contributed by atoms with Crippen LogP contribution in [-0.4, -0.2) is 203 Å². The number of primary amides is 1. The number of amides is 6. The van der Waals surface area contributed by atoms with Gasteiger partial charge in [0.25, 0.3) is 11.8 Å². The average molecular weight is 1340 g/mol. The van der Waals surface area contributed by atoms with Crippen molar-refractivity contribution in [3.05, 3.63) is 118 Å². The van der Waals surface area contributed by atoms with Crippen molar-refractivity contribution in [2.45, 2.75) is 108 Å². The summed E-state index contributed by atoms with van der Waals surface area (Å²) in [5, 5.41) is 34.1. The highest BCUT2D eigenvalue weighted by Crippen LogP contribution is 2.67. The van der Waals surface area contributed by atoms with Crippen molar-refractivity contribution in [1.29, 1.82) is 0 Å². The highest BCUT2D eigenvalue weighted by Gasteiger charge is 2.83. The molecule has 1 fully saturated rings. The number of carbonyl (C=O) groups is 10. The number of alkyl carbamates (subject to hydrolysis) is 1. The van der Waals surface area contributed by atoms with Gasteiger partial charge in [-0.2, -0.15) is 0 Å². The molecule has 3 heterocycles. The maximum Gasteiger partial charge on any atom is 0.408 e. The number of phenolic OH excluding ortho intramolecular Hbond substituents is 1. The molecule has 3 aromatic rings. The molecule has 0 radical (unpaired) electrons. The zero-order valence-electron chi connectivity index (χ0n) is 54.4. The van der Waals surface area contributed by atoms with Crippen LogP contribution < -0.4 is 27.0 Å². The highest BCUT2D eigenvalue weighted by atomic mass is 16.7. The number of urea groups is 1. The van der Waals surface area contributed by atoms with E-state index in [4.69, 9.17) is 48.4 Å². The van der Waals surface area contributed by atoms with E-state index in [9.17, 15) is 58.2 Å². The fourth-order valence-electron chi connectivity index (χ4n) is 11.6.